The molecule has 142 valence electrons. The first-order valence-electron chi connectivity index (χ1n) is 9.36. The number of nitrogens with one attached hydrogen (secondary N) is 2. The van der Waals surface area contributed by atoms with Crippen LogP contribution in [0.1, 0.15) is 49.0 Å². The van der Waals surface area contributed by atoms with Crippen molar-refractivity contribution in [1.29, 1.82) is 0 Å². The number of nitrogens with zero attached hydrogens (tertiary/aromatic N) is 1. The highest BCUT2D eigenvalue weighted by molar-refractivity contribution is 5.83. The zero-order valence-electron chi connectivity index (χ0n) is 15.2. The fourth-order valence-corrected chi connectivity index (χ4v) is 3.62. The van der Waals surface area contributed by atoms with Gasteiger partial charge in [-0.05, 0) is 29.9 Å². The van der Waals surface area contributed by atoms with E-state index in [1.807, 2.05) is 37.3 Å². The van der Waals surface area contributed by atoms with Gasteiger partial charge in [-0.15, -0.1) is 0 Å². The van der Waals surface area contributed by atoms with Crippen molar-refractivity contribution in [3.05, 3.63) is 65.2 Å². The molecule has 4 nitrogen and oxygen atoms in total. The molecular formula is C21H23F2N3O. The molecule has 1 saturated carbocycles. The summed E-state index contributed by atoms with van der Waals surface area (Å²) in [4.78, 5) is 16.8. The van der Waals surface area contributed by atoms with Gasteiger partial charge in [0.25, 0.3) is 0 Å². The SMILES string of the molecule is CC1(c2ccc(C(NC(=O)C3CC(F)CN3)c3ccccc3)nc2F)CC1. The Morgan fingerprint density at radius 1 is 1.26 bits per heavy atom. The van der Waals surface area contributed by atoms with E-state index in [-0.39, 0.29) is 24.3 Å². The molecule has 2 aliphatic rings. The second kappa shape index (κ2) is 7.00. The second-order valence-corrected chi connectivity index (χ2v) is 7.78. The third-order valence-electron chi connectivity index (χ3n) is 5.63. The highest BCUT2D eigenvalue weighted by atomic mass is 19.1. The summed E-state index contributed by atoms with van der Waals surface area (Å²) in [6.07, 6.45) is 1.04. The Hall–Kier alpha value is -2.34. The van der Waals surface area contributed by atoms with Crippen LogP contribution in [-0.2, 0) is 10.2 Å². The van der Waals surface area contributed by atoms with Crippen molar-refractivity contribution in [2.75, 3.05) is 6.54 Å². The molecule has 0 spiro atoms. The molecule has 2 fully saturated rings. The number of halogens is 2. The van der Waals surface area contributed by atoms with Gasteiger partial charge in [0, 0.05) is 18.5 Å². The molecule has 4 rings (SSSR count). The lowest BCUT2D eigenvalue weighted by atomic mass is 9.97. The van der Waals surface area contributed by atoms with Gasteiger partial charge in [0.2, 0.25) is 11.9 Å². The third kappa shape index (κ3) is 3.72. The monoisotopic (exact) mass is 371 g/mol. The highest BCUT2D eigenvalue weighted by Gasteiger charge is 2.41. The molecule has 0 bridgehead atoms. The van der Waals surface area contributed by atoms with Gasteiger partial charge in [-0.2, -0.15) is 4.39 Å². The molecule has 3 atom stereocenters. The van der Waals surface area contributed by atoms with Crippen LogP contribution in [0.4, 0.5) is 8.78 Å². The molecule has 1 aliphatic carbocycles. The molecule has 6 heteroatoms. The van der Waals surface area contributed by atoms with Crippen molar-refractivity contribution in [2.45, 2.75) is 49.9 Å². The molecule has 1 aromatic carbocycles. The zero-order valence-corrected chi connectivity index (χ0v) is 15.2. The van der Waals surface area contributed by atoms with Crippen molar-refractivity contribution < 1.29 is 13.6 Å². The normalized spacial score (nSPS) is 24.4. The van der Waals surface area contributed by atoms with Crippen molar-refractivity contribution in [3.8, 4) is 0 Å². The van der Waals surface area contributed by atoms with Crippen LogP contribution in [-0.4, -0.2) is 29.6 Å². The van der Waals surface area contributed by atoms with Gasteiger partial charge in [-0.3, -0.25) is 4.79 Å². The Balaban J connectivity index is 1.62. The lowest BCUT2D eigenvalue weighted by molar-refractivity contribution is -0.123. The molecule has 2 N–H and O–H groups in total. The van der Waals surface area contributed by atoms with Crippen LogP contribution < -0.4 is 10.6 Å². The number of hydrogen-bond acceptors (Lipinski definition) is 3. The van der Waals surface area contributed by atoms with Gasteiger partial charge < -0.3 is 10.6 Å². The van der Waals surface area contributed by atoms with Gasteiger partial charge in [-0.1, -0.05) is 43.3 Å². The van der Waals surface area contributed by atoms with Gasteiger partial charge in [0.15, 0.2) is 0 Å². The van der Waals surface area contributed by atoms with Crippen LogP contribution in [0.3, 0.4) is 0 Å². The van der Waals surface area contributed by atoms with Crippen LogP contribution in [0, 0.1) is 5.95 Å². The molecule has 0 radical (unpaired) electrons. The molecule has 2 heterocycles. The molecule has 3 unspecified atom stereocenters. The van der Waals surface area contributed by atoms with Crippen molar-refractivity contribution in [1.82, 2.24) is 15.6 Å². The highest BCUT2D eigenvalue weighted by Crippen LogP contribution is 2.48. The Kier molecular flexibility index (Phi) is 4.68. The number of carbonyl (C=O) groups is 1. The molecular weight excluding hydrogens is 348 g/mol. The van der Waals surface area contributed by atoms with Gasteiger partial charge in [0.1, 0.15) is 6.17 Å². The maximum atomic E-state index is 14.7. The molecule has 1 amide bonds. The first-order chi connectivity index (χ1) is 13.0. The lowest BCUT2D eigenvalue weighted by Crippen LogP contribution is -2.42. The van der Waals surface area contributed by atoms with Crippen LogP contribution in [0.15, 0.2) is 42.5 Å². The van der Waals surface area contributed by atoms with E-state index in [2.05, 4.69) is 15.6 Å². The maximum Gasteiger partial charge on any atom is 0.238 e. The fourth-order valence-electron chi connectivity index (χ4n) is 3.62. The number of amides is 1. The molecule has 1 saturated heterocycles. The Morgan fingerprint density at radius 2 is 2.00 bits per heavy atom. The van der Waals surface area contributed by atoms with E-state index in [0.29, 0.717) is 11.3 Å². The number of aromatic nitrogens is 1. The summed E-state index contributed by atoms with van der Waals surface area (Å²) in [5.74, 6) is -0.782. The lowest BCUT2D eigenvalue weighted by Gasteiger charge is -2.22. The number of carbonyl (C=O) groups excluding carboxylic acids is 1. The van der Waals surface area contributed by atoms with Crippen LogP contribution in [0.25, 0.3) is 0 Å². The minimum atomic E-state index is -1.02. The molecule has 2 aromatic rings. The largest absolute Gasteiger partial charge is 0.342 e. The average Bonchev–Trinajstić information content (AvgIpc) is 3.26. The van der Waals surface area contributed by atoms with Crippen molar-refractivity contribution in [3.63, 3.8) is 0 Å². The van der Waals surface area contributed by atoms with E-state index in [1.165, 1.54) is 0 Å². The van der Waals surface area contributed by atoms with E-state index >= 15 is 0 Å². The predicted molar refractivity (Wildman–Crippen MR) is 98.5 cm³/mol. The van der Waals surface area contributed by atoms with Crippen LogP contribution in [0.5, 0.6) is 0 Å². The minimum absolute atomic E-state index is 0.120. The summed E-state index contributed by atoms with van der Waals surface area (Å²) in [6.45, 7) is 2.20. The van der Waals surface area contributed by atoms with E-state index in [1.54, 1.807) is 12.1 Å². The quantitative estimate of drug-likeness (QED) is 0.794. The van der Waals surface area contributed by atoms with Crippen LogP contribution >= 0.6 is 0 Å². The first-order valence-corrected chi connectivity index (χ1v) is 9.36. The van der Waals surface area contributed by atoms with E-state index in [0.717, 1.165) is 18.4 Å². The minimum Gasteiger partial charge on any atom is -0.342 e. The summed E-state index contributed by atoms with van der Waals surface area (Å²) < 4.78 is 28.1. The summed E-state index contributed by atoms with van der Waals surface area (Å²) in [5.41, 5.74) is 1.75. The van der Waals surface area contributed by atoms with Gasteiger partial charge in [0.05, 0.1) is 17.8 Å². The third-order valence-corrected chi connectivity index (χ3v) is 5.63. The average molecular weight is 371 g/mol. The van der Waals surface area contributed by atoms with E-state index < -0.39 is 24.2 Å². The number of hydrogen-bond donors (Lipinski definition) is 2. The van der Waals surface area contributed by atoms with Gasteiger partial charge >= 0.3 is 0 Å². The number of rotatable bonds is 5. The Morgan fingerprint density at radius 3 is 2.59 bits per heavy atom. The standard InChI is InChI=1S/C21H23F2N3O/c1-21(9-10-21)15-7-8-16(25-19(15)23)18(13-5-3-2-4-6-13)26-20(27)17-11-14(22)12-24-17/h2-8,14,17-18,24H,9-12H2,1H3,(H,26,27). The number of benzene rings is 1. The number of alkyl halides is 1. The summed E-state index contributed by atoms with van der Waals surface area (Å²) in [6, 6.07) is 11.7. The summed E-state index contributed by atoms with van der Waals surface area (Å²) >= 11 is 0. The number of pyridine rings is 1. The second-order valence-electron chi connectivity index (χ2n) is 7.78. The van der Waals surface area contributed by atoms with Crippen molar-refractivity contribution >= 4 is 5.91 Å². The summed E-state index contributed by atoms with van der Waals surface area (Å²) in [7, 11) is 0. The molecule has 1 aliphatic heterocycles. The van der Waals surface area contributed by atoms with Crippen LogP contribution in [0.2, 0.25) is 0 Å². The smallest absolute Gasteiger partial charge is 0.238 e. The van der Waals surface area contributed by atoms with E-state index in [4.69, 9.17) is 0 Å². The predicted octanol–water partition coefficient (Wildman–Crippen LogP) is 3.18. The van der Waals surface area contributed by atoms with Gasteiger partial charge in [-0.25, -0.2) is 9.37 Å². The fraction of sp³-hybridized carbons (Fsp3) is 0.429. The molecule has 27 heavy (non-hydrogen) atoms. The maximum absolute atomic E-state index is 14.7. The van der Waals surface area contributed by atoms with E-state index in [9.17, 15) is 13.6 Å². The first kappa shape index (κ1) is 18.0. The Bertz CT molecular complexity index is 839. The molecule has 1 aromatic heterocycles. The summed E-state index contributed by atoms with van der Waals surface area (Å²) in [5, 5.41) is 5.80. The topological polar surface area (TPSA) is 54.0 Å². The van der Waals surface area contributed by atoms with Crippen molar-refractivity contribution in [2.24, 2.45) is 0 Å². The Labute approximate surface area is 157 Å². The zero-order chi connectivity index (χ0) is 19.0.